The molecule has 0 unspecified atom stereocenters. The zero-order valence-electron chi connectivity index (χ0n) is 27.9. The minimum Gasteiger partial charge on any atom is -0.480 e. The van der Waals surface area contributed by atoms with E-state index in [0.717, 1.165) is 76.7 Å². The number of carbonyl (C=O) groups is 3. The van der Waals surface area contributed by atoms with Crippen LogP contribution >= 0.6 is 0 Å². The molecule has 0 saturated carbocycles. The minimum atomic E-state index is -1.07. The highest BCUT2D eigenvalue weighted by molar-refractivity contribution is 5.96. The summed E-state index contributed by atoms with van der Waals surface area (Å²) >= 11 is 0. The van der Waals surface area contributed by atoms with Gasteiger partial charge in [0, 0.05) is 37.8 Å². The molecule has 1 aromatic rings. The molecule has 0 radical (unpaired) electrons. The van der Waals surface area contributed by atoms with Gasteiger partial charge in [0.05, 0.1) is 5.56 Å². The second kappa shape index (κ2) is 25.4. The van der Waals surface area contributed by atoms with E-state index in [-0.39, 0.29) is 5.91 Å². The zero-order chi connectivity index (χ0) is 33.1. The Bertz CT molecular complexity index is 1150. The molecule has 46 heavy (non-hydrogen) atoms. The Labute approximate surface area is 276 Å². The number of likely N-dealkylation sites (tertiary alicyclic amines) is 1. The van der Waals surface area contributed by atoms with E-state index in [1.165, 1.54) is 19.0 Å². The van der Waals surface area contributed by atoms with Gasteiger partial charge in [-0.2, -0.15) is 0 Å². The van der Waals surface area contributed by atoms with Gasteiger partial charge in [0.1, 0.15) is 6.04 Å². The molecular weight excluding hydrogens is 576 g/mol. The highest BCUT2D eigenvalue weighted by Gasteiger charge is 2.20. The molecule has 0 bridgehead atoms. The average Bonchev–Trinajstić information content (AvgIpc) is 3.58. The van der Waals surface area contributed by atoms with E-state index < -0.39 is 17.9 Å². The van der Waals surface area contributed by atoms with Gasteiger partial charge in [-0.3, -0.25) is 14.6 Å². The summed E-state index contributed by atoms with van der Waals surface area (Å²) in [4.78, 5) is 43.3. The van der Waals surface area contributed by atoms with Crippen LogP contribution in [0.4, 0.5) is 0 Å². The largest absolute Gasteiger partial charge is 0.480 e. The molecule has 1 saturated heterocycles. The number of amides is 2. The topological polar surface area (TPSA) is 112 Å². The maximum Gasteiger partial charge on any atom is 0.326 e. The fraction of sp³-hybridized carbons (Fsp3) is 0.526. The van der Waals surface area contributed by atoms with Crippen LogP contribution in [0.1, 0.15) is 106 Å². The molecule has 1 aliphatic heterocycles. The number of pyridine rings is 1. The molecule has 1 aliphatic rings. The maximum absolute atomic E-state index is 12.6. The number of aliphatic carboxylic acids is 1. The molecule has 0 aromatic carbocycles. The maximum atomic E-state index is 12.6. The molecule has 2 amide bonds. The van der Waals surface area contributed by atoms with Gasteiger partial charge in [0.15, 0.2) is 0 Å². The van der Waals surface area contributed by atoms with Crippen LogP contribution in [0.15, 0.2) is 79.1 Å². The van der Waals surface area contributed by atoms with Crippen molar-refractivity contribution in [1.29, 1.82) is 0 Å². The number of nitrogens with zero attached hydrogens (tertiary/aromatic N) is 2. The first kappa shape index (κ1) is 38.4. The van der Waals surface area contributed by atoms with E-state index in [9.17, 15) is 19.5 Å². The van der Waals surface area contributed by atoms with Crippen molar-refractivity contribution in [3.8, 4) is 0 Å². The van der Waals surface area contributed by atoms with Crippen LogP contribution in [0, 0.1) is 0 Å². The summed E-state index contributed by atoms with van der Waals surface area (Å²) in [5.74, 6) is -1.50. The van der Waals surface area contributed by atoms with Gasteiger partial charge in [-0.15, -0.1) is 0 Å². The second-order valence-corrected chi connectivity index (χ2v) is 11.6. The molecule has 8 heteroatoms. The lowest BCUT2D eigenvalue weighted by Gasteiger charge is -2.15. The summed E-state index contributed by atoms with van der Waals surface area (Å²) in [7, 11) is 0. The summed E-state index contributed by atoms with van der Waals surface area (Å²) in [6.07, 6.45) is 35.1. The summed E-state index contributed by atoms with van der Waals surface area (Å²) in [5.41, 5.74) is 1.28. The number of rotatable bonds is 24. The number of aromatic nitrogens is 1. The lowest BCUT2D eigenvalue weighted by Crippen LogP contribution is -2.40. The van der Waals surface area contributed by atoms with Gasteiger partial charge in [-0.05, 0) is 102 Å². The van der Waals surface area contributed by atoms with Crippen molar-refractivity contribution in [3.05, 3.63) is 90.3 Å². The van der Waals surface area contributed by atoms with E-state index in [1.807, 2.05) is 6.07 Å². The smallest absolute Gasteiger partial charge is 0.326 e. The van der Waals surface area contributed by atoms with Gasteiger partial charge in [-0.1, -0.05) is 67.7 Å². The Morgan fingerprint density at radius 1 is 0.870 bits per heavy atom. The Hall–Kier alpha value is -3.78. The molecular formula is C38H56N4O4. The number of carboxylic acids is 1. The lowest BCUT2D eigenvalue weighted by molar-refractivity contribution is -0.139. The monoisotopic (exact) mass is 632 g/mol. The summed E-state index contributed by atoms with van der Waals surface area (Å²) in [5, 5.41) is 15.1. The first-order valence-corrected chi connectivity index (χ1v) is 17.2. The first-order valence-electron chi connectivity index (χ1n) is 17.2. The molecule has 0 spiro atoms. The van der Waals surface area contributed by atoms with Crippen LogP contribution in [0.2, 0.25) is 0 Å². The van der Waals surface area contributed by atoms with Crippen molar-refractivity contribution in [2.75, 3.05) is 26.2 Å². The number of nitrogens with one attached hydrogen (secondary N) is 2. The summed E-state index contributed by atoms with van der Waals surface area (Å²) < 4.78 is 0. The zero-order valence-corrected chi connectivity index (χ0v) is 27.9. The van der Waals surface area contributed by atoms with Crippen molar-refractivity contribution >= 4 is 17.8 Å². The van der Waals surface area contributed by atoms with E-state index in [2.05, 4.69) is 88.2 Å². The molecule has 8 nitrogen and oxygen atoms in total. The van der Waals surface area contributed by atoms with Crippen LogP contribution in [0.5, 0.6) is 0 Å². The number of carbonyl (C=O) groups excluding carboxylic acids is 2. The van der Waals surface area contributed by atoms with E-state index in [4.69, 9.17) is 0 Å². The summed E-state index contributed by atoms with van der Waals surface area (Å²) in [6, 6.07) is 2.56. The second-order valence-electron chi connectivity index (χ2n) is 11.6. The molecule has 2 heterocycles. The van der Waals surface area contributed by atoms with Crippen molar-refractivity contribution < 1.29 is 19.5 Å². The molecule has 3 N–H and O–H groups in total. The molecule has 1 aromatic heterocycles. The Kier molecular flexibility index (Phi) is 21.2. The fourth-order valence-corrected chi connectivity index (χ4v) is 5.02. The quantitative estimate of drug-likeness (QED) is 0.0827. The van der Waals surface area contributed by atoms with Crippen molar-refractivity contribution in [3.63, 3.8) is 0 Å². The SMILES string of the molecule is CC/C=C\C/C=C\C/C=C\C/C=C\C/C=C\CCCC(=O)NCCCC[C@H](NC(=O)c1ccc(CCN2CCCC2)nc1)C(=O)O. The van der Waals surface area contributed by atoms with Crippen molar-refractivity contribution in [1.82, 2.24) is 20.5 Å². The number of unbranched alkanes of at least 4 members (excludes halogenated alkanes) is 2. The van der Waals surface area contributed by atoms with Crippen LogP contribution in [-0.2, 0) is 16.0 Å². The number of carboxylic acid groups (broad SMARTS) is 1. The third-order valence-corrected chi connectivity index (χ3v) is 7.75. The van der Waals surface area contributed by atoms with Crippen LogP contribution in [0.3, 0.4) is 0 Å². The predicted molar refractivity (Wildman–Crippen MR) is 188 cm³/mol. The molecule has 0 aliphatic carbocycles. The highest BCUT2D eigenvalue weighted by Crippen LogP contribution is 2.10. The lowest BCUT2D eigenvalue weighted by atomic mass is 10.1. The van der Waals surface area contributed by atoms with Gasteiger partial charge in [0.25, 0.3) is 5.91 Å². The molecule has 2 rings (SSSR count). The number of allylic oxidation sites excluding steroid dienone is 10. The third kappa shape index (κ3) is 18.9. The van der Waals surface area contributed by atoms with Crippen LogP contribution in [-0.4, -0.2) is 65.0 Å². The molecule has 252 valence electrons. The van der Waals surface area contributed by atoms with Crippen LogP contribution < -0.4 is 10.6 Å². The van der Waals surface area contributed by atoms with Gasteiger partial charge < -0.3 is 20.6 Å². The van der Waals surface area contributed by atoms with Gasteiger partial charge in [0.2, 0.25) is 5.91 Å². The number of hydrogen-bond donors (Lipinski definition) is 3. The normalized spacial score (nSPS) is 14.8. The Morgan fingerprint density at radius 3 is 2.09 bits per heavy atom. The van der Waals surface area contributed by atoms with Crippen molar-refractivity contribution in [2.45, 2.75) is 103 Å². The van der Waals surface area contributed by atoms with E-state index in [0.29, 0.717) is 37.8 Å². The number of hydrogen-bond acceptors (Lipinski definition) is 5. The average molecular weight is 633 g/mol. The highest BCUT2D eigenvalue weighted by atomic mass is 16.4. The Balaban J connectivity index is 1.49. The third-order valence-electron chi connectivity index (χ3n) is 7.75. The van der Waals surface area contributed by atoms with E-state index in [1.54, 1.807) is 6.07 Å². The Morgan fingerprint density at radius 2 is 1.50 bits per heavy atom. The first-order chi connectivity index (χ1) is 22.5. The molecule has 1 fully saturated rings. The van der Waals surface area contributed by atoms with Crippen molar-refractivity contribution in [2.24, 2.45) is 0 Å². The molecule has 1 atom stereocenters. The fourth-order valence-electron chi connectivity index (χ4n) is 5.02. The van der Waals surface area contributed by atoms with Crippen LogP contribution in [0.25, 0.3) is 0 Å². The predicted octanol–water partition coefficient (Wildman–Crippen LogP) is 7.11. The van der Waals surface area contributed by atoms with Gasteiger partial charge in [-0.25, -0.2) is 4.79 Å². The van der Waals surface area contributed by atoms with Gasteiger partial charge >= 0.3 is 5.97 Å². The standard InChI is InChI=1S/C38H56N4O4/c1-2-3-4-5-6-7-8-9-10-11-12-13-14-15-16-17-18-24-36(43)39-28-20-19-23-35(38(45)46)41-37(44)33-25-26-34(40-32-33)27-31-42-29-21-22-30-42/h3-4,6-7,9-10,12-13,15-16,25-26,32,35H,2,5,8,11,14,17-24,27-31H2,1H3,(H,39,43)(H,41,44)(H,45,46)/b4-3-,7-6-,10-9-,13-12-,16-15-/t35-/m0/s1. The summed E-state index contributed by atoms with van der Waals surface area (Å²) in [6.45, 7) is 5.86. The van der Waals surface area contributed by atoms with E-state index >= 15 is 0 Å². The minimum absolute atomic E-state index is 0.00631.